The number of alkyl halides is 6. The maximum Gasteiger partial charge on any atom is 0.438 e. The first-order chi connectivity index (χ1) is 12.1. The van der Waals surface area contributed by atoms with Gasteiger partial charge in [-0.15, -0.1) is 0 Å². The van der Waals surface area contributed by atoms with Gasteiger partial charge < -0.3 is 4.74 Å². The molecule has 0 aromatic heterocycles. The summed E-state index contributed by atoms with van der Waals surface area (Å²) in [4.78, 5) is 12.2. The number of rotatable bonds is 6. The minimum Gasteiger partial charge on any atom is -0.435 e. The van der Waals surface area contributed by atoms with E-state index in [2.05, 4.69) is 4.74 Å². The van der Waals surface area contributed by atoms with Crippen LogP contribution in [0.2, 0.25) is 0 Å². The molecule has 1 rings (SSSR count). The average Bonchev–Trinajstić information content (AvgIpc) is 2.49. The molecule has 1 aromatic carbocycles. The van der Waals surface area contributed by atoms with Crippen LogP contribution in [0.25, 0.3) is 0 Å². The summed E-state index contributed by atoms with van der Waals surface area (Å²) < 4.78 is 113. The van der Waals surface area contributed by atoms with E-state index < -0.39 is 45.4 Å². The highest BCUT2D eigenvalue weighted by molar-refractivity contribution is 7.85. The number of esters is 1. The van der Waals surface area contributed by atoms with Gasteiger partial charge in [0, 0.05) is 0 Å². The second-order valence-electron chi connectivity index (χ2n) is 5.64. The summed E-state index contributed by atoms with van der Waals surface area (Å²) >= 11 is 0. The van der Waals surface area contributed by atoms with Crippen molar-refractivity contribution in [3.63, 3.8) is 0 Å². The summed E-state index contributed by atoms with van der Waals surface area (Å²) in [5.74, 6) is -4.91. The van der Waals surface area contributed by atoms with Crippen LogP contribution in [-0.2, 0) is 27.5 Å². The predicted octanol–water partition coefficient (Wildman–Crippen LogP) is 0.861. The first-order valence-corrected chi connectivity index (χ1v) is 9.12. The lowest BCUT2D eigenvalue weighted by Gasteiger charge is -2.35. The van der Waals surface area contributed by atoms with E-state index in [4.69, 9.17) is 4.55 Å². The van der Waals surface area contributed by atoms with Gasteiger partial charge in [-0.25, -0.2) is 4.79 Å². The molecule has 0 unspecified atom stereocenters. The molecule has 1 aromatic rings. The molecule has 0 radical (unpaired) electrons. The van der Waals surface area contributed by atoms with Crippen LogP contribution in [0.5, 0.6) is 0 Å². The quantitative estimate of drug-likeness (QED) is 0.321. The maximum atomic E-state index is 13.2. The van der Waals surface area contributed by atoms with Gasteiger partial charge in [-0.3, -0.25) is 4.55 Å². The first-order valence-electron chi connectivity index (χ1n) is 7.51. The largest absolute Gasteiger partial charge is 0.438 e. The molecule has 0 bridgehead atoms. The molecule has 1 N–H and O–H groups in total. The van der Waals surface area contributed by atoms with Crippen molar-refractivity contribution in [2.24, 2.45) is 0 Å². The van der Waals surface area contributed by atoms with E-state index in [1.54, 1.807) is 7.85 Å². The second kappa shape index (κ2) is 7.74. The topological polar surface area (TPSA) is 80.7 Å². The van der Waals surface area contributed by atoms with Crippen molar-refractivity contribution in [2.75, 3.05) is 5.75 Å². The fraction of sp³-hybridized carbons (Fsp3) is 0.462. The van der Waals surface area contributed by atoms with Crippen molar-refractivity contribution >= 4 is 31.8 Å². The van der Waals surface area contributed by atoms with Crippen LogP contribution in [-0.4, -0.2) is 58.3 Å². The minimum absolute atomic E-state index is 0.0950. The first kappa shape index (κ1) is 23.3. The van der Waals surface area contributed by atoms with Crippen molar-refractivity contribution in [3.8, 4) is 0 Å². The molecule has 0 atom stereocenters. The van der Waals surface area contributed by atoms with E-state index in [1.807, 2.05) is 0 Å². The van der Waals surface area contributed by atoms with Gasteiger partial charge in [-0.2, -0.15) is 34.8 Å². The highest BCUT2D eigenvalue weighted by Crippen LogP contribution is 2.47. The third-order valence-electron chi connectivity index (χ3n) is 3.75. The fourth-order valence-corrected chi connectivity index (χ4v) is 3.18. The van der Waals surface area contributed by atoms with Crippen LogP contribution in [0.4, 0.5) is 26.3 Å². The summed E-state index contributed by atoms with van der Waals surface area (Å²) in [6.45, 7) is 0. The van der Waals surface area contributed by atoms with E-state index in [9.17, 15) is 39.6 Å². The summed E-state index contributed by atoms with van der Waals surface area (Å²) in [5.41, 5.74) is -5.41. The van der Waals surface area contributed by atoms with E-state index >= 15 is 0 Å². The van der Waals surface area contributed by atoms with Crippen LogP contribution in [0.3, 0.4) is 0 Å². The number of ether oxygens (including phenoxy) is 1. The Kier molecular flexibility index (Phi) is 6.69. The second-order valence-corrected chi connectivity index (χ2v) is 7.09. The molecule has 5 nitrogen and oxygen atoms in total. The highest BCUT2D eigenvalue weighted by Gasteiger charge is 2.76. The summed E-state index contributed by atoms with van der Waals surface area (Å²) in [7, 11) is -2.67. The summed E-state index contributed by atoms with van der Waals surface area (Å²) in [5, 5.41) is 0. The monoisotopic (exact) mass is 418 g/mol. The Morgan fingerprint density at radius 2 is 1.56 bits per heavy atom. The molecule has 0 aliphatic heterocycles. The van der Waals surface area contributed by atoms with Gasteiger partial charge in [-0.1, -0.05) is 30.3 Å². The zero-order chi connectivity index (χ0) is 21.3. The molecule has 0 saturated carbocycles. The molecule has 150 valence electrons. The lowest BCUT2D eigenvalue weighted by molar-refractivity contribution is -0.356. The van der Waals surface area contributed by atoms with Crippen molar-refractivity contribution in [1.29, 1.82) is 0 Å². The fourth-order valence-electron chi connectivity index (χ4n) is 2.28. The molecule has 0 aliphatic carbocycles. The standard InChI is InChI=1S/C13H14B2F6O5S/c14-4-7-1-2-8(5-15)9(3-7)10(22)26-11(12(16,17)18,13(19,20)21)6-27(23,24)25/h1-3H,4-6,14-15H2,(H,23,24,25). The van der Waals surface area contributed by atoms with Crippen molar-refractivity contribution in [1.82, 2.24) is 0 Å². The van der Waals surface area contributed by atoms with Crippen LogP contribution in [0, 0.1) is 0 Å². The molecular weight excluding hydrogens is 404 g/mol. The van der Waals surface area contributed by atoms with Crippen LogP contribution < -0.4 is 0 Å². The molecular formula is C13H14B2F6O5S. The number of halogens is 6. The summed E-state index contributed by atoms with van der Waals surface area (Å²) in [6, 6.07) is 3.96. The zero-order valence-electron chi connectivity index (χ0n) is 14.1. The van der Waals surface area contributed by atoms with E-state index in [-0.39, 0.29) is 11.9 Å². The zero-order valence-corrected chi connectivity index (χ0v) is 14.9. The number of hydrogen-bond acceptors (Lipinski definition) is 4. The number of hydrogen-bond donors (Lipinski definition) is 1. The lowest BCUT2D eigenvalue weighted by atomic mass is 9.88. The Labute approximate surface area is 152 Å². The Morgan fingerprint density at radius 3 is 1.93 bits per heavy atom. The van der Waals surface area contributed by atoms with Gasteiger partial charge in [0.05, 0.1) is 5.56 Å². The molecule has 0 heterocycles. The Hall–Kier alpha value is -1.69. The number of carbonyl (C=O) groups is 1. The molecule has 0 amide bonds. The smallest absolute Gasteiger partial charge is 0.435 e. The molecule has 0 aliphatic rings. The van der Waals surface area contributed by atoms with E-state index in [0.717, 1.165) is 6.07 Å². The minimum atomic E-state index is -6.36. The van der Waals surface area contributed by atoms with Crippen molar-refractivity contribution in [2.45, 2.75) is 30.6 Å². The molecule has 0 saturated heterocycles. The van der Waals surface area contributed by atoms with E-state index in [0.29, 0.717) is 11.9 Å². The van der Waals surface area contributed by atoms with Crippen LogP contribution >= 0.6 is 0 Å². The molecule has 14 heteroatoms. The third-order valence-corrected chi connectivity index (χ3v) is 4.52. The van der Waals surface area contributed by atoms with E-state index in [1.165, 1.54) is 20.0 Å². The molecule has 0 spiro atoms. The Morgan fingerprint density at radius 1 is 1.04 bits per heavy atom. The lowest BCUT2D eigenvalue weighted by Crippen LogP contribution is -2.63. The number of benzene rings is 1. The normalized spacial score (nSPS) is 13.4. The van der Waals surface area contributed by atoms with Gasteiger partial charge in [-0.05, 0) is 11.6 Å². The Balaban J connectivity index is 3.57. The SMILES string of the molecule is BCc1ccc(CB)c(C(=O)OC(CS(=O)(=O)O)(C(F)(F)F)C(F)(F)F)c1. The van der Waals surface area contributed by atoms with Crippen molar-refractivity contribution < 1.29 is 48.8 Å². The summed E-state index contributed by atoms with van der Waals surface area (Å²) in [6.07, 6.45) is -12.3. The molecule has 0 fully saturated rings. The van der Waals surface area contributed by atoms with Gasteiger partial charge in [0.25, 0.3) is 10.1 Å². The van der Waals surface area contributed by atoms with Gasteiger partial charge in [0.1, 0.15) is 21.4 Å². The average molecular weight is 418 g/mol. The van der Waals surface area contributed by atoms with Crippen LogP contribution in [0.1, 0.15) is 21.5 Å². The van der Waals surface area contributed by atoms with Crippen molar-refractivity contribution in [3.05, 3.63) is 34.9 Å². The molecule has 27 heavy (non-hydrogen) atoms. The number of carbonyl (C=O) groups excluding carboxylic acids is 1. The van der Waals surface area contributed by atoms with Gasteiger partial charge >= 0.3 is 23.9 Å². The van der Waals surface area contributed by atoms with Crippen LogP contribution in [0.15, 0.2) is 18.2 Å². The predicted molar refractivity (Wildman–Crippen MR) is 87.6 cm³/mol. The van der Waals surface area contributed by atoms with Gasteiger partial charge in [0.2, 0.25) is 0 Å². The Bertz CT molecular complexity index is 792. The highest BCUT2D eigenvalue weighted by atomic mass is 32.2. The third kappa shape index (κ3) is 5.18. The van der Waals surface area contributed by atoms with Gasteiger partial charge in [0.15, 0.2) is 0 Å². The maximum absolute atomic E-state index is 13.2.